The largest absolute Gasteiger partial charge is 0.497 e. The monoisotopic (exact) mass is 433 g/mol. The molecule has 32 heavy (non-hydrogen) atoms. The van der Waals surface area contributed by atoms with Crippen LogP contribution in [0.2, 0.25) is 0 Å². The summed E-state index contributed by atoms with van der Waals surface area (Å²) in [6.07, 6.45) is 1.67. The Morgan fingerprint density at radius 1 is 0.969 bits per heavy atom. The number of nitrogens with one attached hydrogen (secondary N) is 1. The Labute approximate surface area is 188 Å². The van der Waals surface area contributed by atoms with Gasteiger partial charge in [-0.1, -0.05) is 36.4 Å². The van der Waals surface area contributed by atoms with E-state index < -0.39 is 6.04 Å². The van der Waals surface area contributed by atoms with Crippen molar-refractivity contribution in [1.82, 2.24) is 15.2 Å². The molecule has 2 amide bonds. The molecule has 0 aliphatic rings. The van der Waals surface area contributed by atoms with Crippen LogP contribution in [0, 0.1) is 0 Å². The lowest BCUT2D eigenvalue weighted by atomic mass is 10.1. The molecule has 1 heterocycles. The fourth-order valence-corrected chi connectivity index (χ4v) is 3.08. The predicted molar refractivity (Wildman–Crippen MR) is 121 cm³/mol. The number of carbonyl (C=O) groups is 2. The smallest absolute Gasteiger partial charge is 0.261 e. The molecule has 166 valence electrons. The SMILES string of the molecule is COc1ccc(CN(C(=O)COc2ccccc2)[C@H](C)C(=O)NCc2ccccn2)cc1. The molecular formula is C25H27N3O4. The molecule has 0 saturated carbocycles. The molecule has 0 saturated heterocycles. The van der Waals surface area contributed by atoms with Crippen LogP contribution in [0.4, 0.5) is 0 Å². The number of hydrogen-bond acceptors (Lipinski definition) is 5. The van der Waals surface area contributed by atoms with Gasteiger partial charge in [0, 0.05) is 12.7 Å². The van der Waals surface area contributed by atoms with Gasteiger partial charge in [0.15, 0.2) is 6.61 Å². The van der Waals surface area contributed by atoms with Crippen LogP contribution in [0.5, 0.6) is 11.5 Å². The molecular weight excluding hydrogens is 406 g/mol. The molecule has 0 aliphatic heterocycles. The lowest BCUT2D eigenvalue weighted by molar-refractivity contribution is -0.142. The van der Waals surface area contributed by atoms with Crippen LogP contribution in [-0.2, 0) is 22.7 Å². The van der Waals surface area contributed by atoms with Crippen LogP contribution in [0.1, 0.15) is 18.2 Å². The normalized spacial score (nSPS) is 11.3. The second-order valence-corrected chi connectivity index (χ2v) is 7.19. The minimum atomic E-state index is -0.701. The molecule has 0 fully saturated rings. The molecule has 3 rings (SSSR count). The molecule has 1 N–H and O–H groups in total. The molecule has 7 heteroatoms. The Balaban J connectivity index is 1.69. The zero-order valence-corrected chi connectivity index (χ0v) is 18.2. The van der Waals surface area contributed by atoms with Crippen molar-refractivity contribution in [2.75, 3.05) is 13.7 Å². The van der Waals surface area contributed by atoms with Crippen LogP contribution in [0.15, 0.2) is 79.0 Å². The van der Waals surface area contributed by atoms with E-state index in [1.165, 1.54) is 4.90 Å². The summed E-state index contributed by atoms with van der Waals surface area (Å²) in [6.45, 7) is 2.09. The number of amides is 2. The van der Waals surface area contributed by atoms with Gasteiger partial charge in [-0.2, -0.15) is 0 Å². The molecule has 3 aromatic rings. The summed E-state index contributed by atoms with van der Waals surface area (Å²) < 4.78 is 10.8. The van der Waals surface area contributed by atoms with Crippen molar-refractivity contribution in [3.8, 4) is 11.5 Å². The standard InChI is InChI=1S/C25H27N3O4/c1-19(25(30)27-16-21-8-6-7-15-26-21)28(17-20-11-13-22(31-2)14-12-20)24(29)18-32-23-9-4-3-5-10-23/h3-15,19H,16-18H2,1-2H3,(H,27,30)/t19-/m1/s1. The highest BCUT2D eigenvalue weighted by atomic mass is 16.5. The van der Waals surface area contributed by atoms with Gasteiger partial charge in [0.05, 0.1) is 19.3 Å². The minimum Gasteiger partial charge on any atom is -0.497 e. The second kappa shape index (κ2) is 11.5. The number of aromatic nitrogens is 1. The van der Waals surface area contributed by atoms with Gasteiger partial charge in [-0.05, 0) is 48.9 Å². The van der Waals surface area contributed by atoms with E-state index in [0.717, 1.165) is 17.0 Å². The zero-order chi connectivity index (χ0) is 22.8. The van der Waals surface area contributed by atoms with Crippen molar-refractivity contribution in [2.24, 2.45) is 0 Å². The van der Waals surface area contributed by atoms with Crippen molar-refractivity contribution in [1.29, 1.82) is 0 Å². The van der Waals surface area contributed by atoms with Crippen molar-refractivity contribution in [3.63, 3.8) is 0 Å². The maximum atomic E-state index is 13.0. The molecule has 7 nitrogen and oxygen atoms in total. The summed E-state index contributed by atoms with van der Waals surface area (Å²) in [6, 6.07) is 21.3. The third-order valence-electron chi connectivity index (χ3n) is 4.95. The number of para-hydroxylation sites is 1. The van der Waals surface area contributed by atoms with Gasteiger partial charge in [-0.3, -0.25) is 14.6 Å². The highest BCUT2D eigenvalue weighted by Gasteiger charge is 2.26. The Hall–Kier alpha value is -3.87. The maximum Gasteiger partial charge on any atom is 0.261 e. The molecule has 0 spiro atoms. The topological polar surface area (TPSA) is 80.8 Å². The van der Waals surface area contributed by atoms with E-state index in [1.54, 1.807) is 32.4 Å². The van der Waals surface area contributed by atoms with Gasteiger partial charge in [0.25, 0.3) is 5.91 Å². The van der Waals surface area contributed by atoms with E-state index >= 15 is 0 Å². The number of nitrogens with zero attached hydrogens (tertiary/aromatic N) is 2. The van der Waals surface area contributed by atoms with Gasteiger partial charge in [-0.25, -0.2) is 0 Å². The van der Waals surface area contributed by atoms with Crippen LogP contribution in [0.25, 0.3) is 0 Å². The molecule has 0 bridgehead atoms. The average molecular weight is 434 g/mol. The first-order valence-electron chi connectivity index (χ1n) is 10.3. The van der Waals surface area contributed by atoms with Crippen LogP contribution in [-0.4, -0.2) is 41.5 Å². The Bertz CT molecular complexity index is 995. The van der Waals surface area contributed by atoms with Crippen molar-refractivity contribution in [3.05, 3.63) is 90.3 Å². The van der Waals surface area contributed by atoms with E-state index in [0.29, 0.717) is 5.75 Å². The summed E-state index contributed by atoms with van der Waals surface area (Å²) in [5, 5.41) is 2.86. The highest BCUT2D eigenvalue weighted by molar-refractivity contribution is 5.87. The number of benzene rings is 2. The predicted octanol–water partition coefficient (Wildman–Crippen LogP) is 3.20. The number of ether oxygens (including phenoxy) is 2. The second-order valence-electron chi connectivity index (χ2n) is 7.19. The van der Waals surface area contributed by atoms with Crippen LogP contribution >= 0.6 is 0 Å². The lowest BCUT2D eigenvalue weighted by Crippen LogP contribution is -2.48. The first kappa shape index (κ1) is 22.8. The lowest BCUT2D eigenvalue weighted by Gasteiger charge is -2.28. The molecule has 1 aromatic heterocycles. The first-order valence-corrected chi connectivity index (χ1v) is 10.3. The van der Waals surface area contributed by atoms with Crippen molar-refractivity contribution >= 4 is 11.8 Å². The summed E-state index contributed by atoms with van der Waals surface area (Å²) in [4.78, 5) is 31.6. The Morgan fingerprint density at radius 3 is 2.34 bits per heavy atom. The average Bonchev–Trinajstić information content (AvgIpc) is 2.85. The summed E-state index contributed by atoms with van der Waals surface area (Å²) >= 11 is 0. The molecule has 0 unspecified atom stereocenters. The molecule has 0 aliphatic carbocycles. The van der Waals surface area contributed by atoms with Gasteiger partial charge in [-0.15, -0.1) is 0 Å². The van der Waals surface area contributed by atoms with Crippen LogP contribution in [0.3, 0.4) is 0 Å². The Morgan fingerprint density at radius 2 is 1.69 bits per heavy atom. The number of pyridine rings is 1. The first-order chi connectivity index (χ1) is 15.6. The van der Waals surface area contributed by atoms with Gasteiger partial charge >= 0.3 is 0 Å². The van der Waals surface area contributed by atoms with E-state index in [4.69, 9.17) is 9.47 Å². The minimum absolute atomic E-state index is 0.169. The van der Waals surface area contributed by atoms with E-state index in [2.05, 4.69) is 10.3 Å². The highest BCUT2D eigenvalue weighted by Crippen LogP contribution is 2.16. The van der Waals surface area contributed by atoms with E-state index in [-0.39, 0.29) is 31.5 Å². The number of carbonyl (C=O) groups excluding carboxylic acids is 2. The van der Waals surface area contributed by atoms with Crippen molar-refractivity contribution in [2.45, 2.75) is 26.1 Å². The number of rotatable bonds is 10. The van der Waals surface area contributed by atoms with E-state index in [1.807, 2.05) is 60.7 Å². The quantitative estimate of drug-likeness (QED) is 0.531. The molecule has 0 radical (unpaired) electrons. The summed E-state index contributed by atoms with van der Waals surface area (Å²) in [5.41, 5.74) is 1.62. The number of hydrogen-bond donors (Lipinski definition) is 1. The summed E-state index contributed by atoms with van der Waals surface area (Å²) in [5.74, 6) is 0.764. The molecule has 2 aromatic carbocycles. The third-order valence-corrected chi connectivity index (χ3v) is 4.95. The van der Waals surface area contributed by atoms with E-state index in [9.17, 15) is 9.59 Å². The Kier molecular flexibility index (Phi) is 8.20. The number of methoxy groups -OCH3 is 1. The van der Waals surface area contributed by atoms with Crippen LogP contribution < -0.4 is 14.8 Å². The third kappa shape index (κ3) is 6.57. The van der Waals surface area contributed by atoms with Gasteiger partial charge < -0.3 is 19.7 Å². The fourth-order valence-electron chi connectivity index (χ4n) is 3.08. The summed E-state index contributed by atoms with van der Waals surface area (Å²) in [7, 11) is 1.60. The van der Waals surface area contributed by atoms with Crippen molar-refractivity contribution < 1.29 is 19.1 Å². The van der Waals surface area contributed by atoms with Gasteiger partial charge in [0.1, 0.15) is 17.5 Å². The zero-order valence-electron chi connectivity index (χ0n) is 18.2. The fraction of sp³-hybridized carbons (Fsp3) is 0.240. The van der Waals surface area contributed by atoms with Gasteiger partial charge in [0.2, 0.25) is 5.91 Å². The maximum absolute atomic E-state index is 13.0. The molecule has 1 atom stereocenters.